The third kappa shape index (κ3) is 5.15. The fourth-order valence-corrected chi connectivity index (χ4v) is 3.92. The summed E-state index contributed by atoms with van der Waals surface area (Å²) < 4.78 is 5.26. The number of benzene rings is 3. The van der Waals surface area contributed by atoms with E-state index in [0.29, 0.717) is 12.1 Å². The third-order valence-electron chi connectivity index (χ3n) is 5.58. The molecular weight excluding hydrogens is 402 g/mol. The zero-order valence-corrected chi connectivity index (χ0v) is 18.1. The summed E-state index contributed by atoms with van der Waals surface area (Å²) in [5.41, 5.74) is 3.69. The quantitative estimate of drug-likeness (QED) is 0.565. The Morgan fingerprint density at radius 1 is 0.969 bits per heavy atom. The number of nitrogens with one attached hydrogen (secondary N) is 2. The molecule has 1 aliphatic rings. The third-order valence-corrected chi connectivity index (χ3v) is 5.58. The van der Waals surface area contributed by atoms with Gasteiger partial charge in [0.05, 0.1) is 19.7 Å². The van der Waals surface area contributed by atoms with Crippen LogP contribution in [0.1, 0.15) is 30.0 Å². The minimum Gasteiger partial charge on any atom is -0.497 e. The summed E-state index contributed by atoms with van der Waals surface area (Å²) in [5, 5.41) is 6.29. The second-order valence-electron chi connectivity index (χ2n) is 7.74. The molecule has 164 valence electrons. The fourth-order valence-electron chi connectivity index (χ4n) is 3.92. The predicted octanol–water partition coefficient (Wildman–Crippen LogP) is 4.14. The summed E-state index contributed by atoms with van der Waals surface area (Å²) in [6.07, 6.45) is 1.49. The molecule has 0 aromatic heterocycles. The summed E-state index contributed by atoms with van der Waals surface area (Å²) in [5.74, 6) is 0.804. The molecule has 1 atom stereocenters. The van der Waals surface area contributed by atoms with E-state index in [0.717, 1.165) is 35.5 Å². The minimum absolute atomic E-state index is 0.128. The highest BCUT2D eigenvalue weighted by Crippen LogP contribution is 2.25. The topological polar surface area (TPSA) is 70.7 Å². The van der Waals surface area contributed by atoms with Gasteiger partial charge < -0.3 is 15.0 Å². The average Bonchev–Trinajstić information content (AvgIpc) is 3.26. The molecule has 1 fully saturated rings. The largest absolute Gasteiger partial charge is 0.497 e. The highest BCUT2D eigenvalue weighted by Gasteiger charge is 2.21. The number of carbonyl (C=O) groups is 2. The number of nitrogens with zero attached hydrogens (tertiary/aromatic N) is 1. The van der Waals surface area contributed by atoms with E-state index in [2.05, 4.69) is 10.6 Å². The maximum atomic E-state index is 12.6. The van der Waals surface area contributed by atoms with E-state index in [1.807, 2.05) is 78.9 Å². The van der Waals surface area contributed by atoms with Crippen LogP contribution in [0.4, 0.5) is 11.4 Å². The van der Waals surface area contributed by atoms with Crippen LogP contribution in [0.25, 0.3) is 0 Å². The summed E-state index contributed by atoms with van der Waals surface area (Å²) in [4.78, 5) is 26.3. The Bertz CT molecular complexity index is 1050. The molecule has 0 bridgehead atoms. The van der Waals surface area contributed by atoms with Gasteiger partial charge in [-0.2, -0.15) is 0 Å². The monoisotopic (exact) mass is 429 g/mol. The van der Waals surface area contributed by atoms with Gasteiger partial charge in [0, 0.05) is 24.3 Å². The minimum atomic E-state index is -0.135. The number of carbonyl (C=O) groups excluding carboxylic acids is 2. The molecule has 1 aliphatic heterocycles. The second-order valence-corrected chi connectivity index (χ2v) is 7.74. The second kappa shape index (κ2) is 10.1. The van der Waals surface area contributed by atoms with Crippen molar-refractivity contribution in [2.75, 3.05) is 30.4 Å². The van der Waals surface area contributed by atoms with Crippen LogP contribution in [-0.4, -0.2) is 32.0 Å². The fraction of sp³-hybridized carbons (Fsp3) is 0.231. The van der Waals surface area contributed by atoms with Crippen molar-refractivity contribution in [3.8, 4) is 5.75 Å². The first kappa shape index (κ1) is 21.6. The van der Waals surface area contributed by atoms with Crippen molar-refractivity contribution in [1.82, 2.24) is 5.32 Å². The first-order chi connectivity index (χ1) is 15.6. The van der Waals surface area contributed by atoms with E-state index in [1.165, 1.54) is 0 Å². The molecule has 3 aromatic carbocycles. The van der Waals surface area contributed by atoms with Crippen LogP contribution in [0.5, 0.6) is 5.75 Å². The van der Waals surface area contributed by atoms with Crippen molar-refractivity contribution in [2.45, 2.75) is 18.9 Å². The highest BCUT2D eigenvalue weighted by molar-refractivity contribution is 5.96. The molecule has 0 saturated carbocycles. The molecule has 2 N–H and O–H groups in total. The van der Waals surface area contributed by atoms with Gasteiger partial charge in [0.2, 0.25) is 11.8 Å². The van der Waals surface area contributed by atoms with Gasteiger partial charge in [0.25, 0.3) is 0 Å². The van der Waals surface area contributed by atoms with Gasteiger partial charge in [0.1, 0.15) is 5.75 Å². The molecule has 32 heavy (non-hydrogen) atoms. The molecule has 0 aliphatic carbocycles. The Morgan fingerprint density at radius 2 is 1.66 bits per heavy atom. The summed E-state index contributed by atoms with van der Waals surface area (Å²) in [6.45, 7) is 0.901. The van der Waals surface area contributed by atoms with E-state index in [9.17, 15) is 9.59 Å². The zero-order chi connectivity index (χ0) is 22.3. The van der Waals surface area contributed by atoms with E-state index in [4.69, 9.17) is 4.74 Å². The molecule has 1 saturated heterocycles. The molecule has 0 spiro atoms. The molecule has 1 heterocycles. The van der Waals surface area contributed by atoms with Crippen LogP contribution in [-0.2, 0) is 9.59 Å². The summed E-state index contributed by atoms with van der Waals surface area (Å²) >= 11 is 0. The van der Waals surface area contributed by atoms with Crippen LogP contribution in [0, 0.1) is 0 Å². The van der Waals surface area contributed by atoms with Gasteiger partial charge in [-0.15, -0.1) is 0 Å². The lowest BCUT2D eigenvalue weighted by molar-refractivity contribution is -0.117. The molecule has 6 heteroatoms. The molecule has 6 nitrogen and oxygen atoms in total. The van der Waals surface area contributed by atoms with Gasteiger partial charge in [-0.1, -0.05) is 42.5 Å². The highest BCUT2D eigenvalue weighted by atomic mass is 16.5. The number of rotatable bonds is 8. The first-order valence-electron chi connectivity index (χ1n) is 10.8. The van der Waals surface area contributed by atoms with Gasteiger partial charge in [-0.25, -0.2) is 0 Å². The number of hydrogen-bond donors (Lipinski definition) is 2. The molecule has 4 rings (SSSR count). The van der Waals surface area contributed by atoms with E-state index in [1.54, 1.807) is 12.0 Å². The van der Waals surface area contributed by atoms with Crippen molar-refractivity contribution in [3.05, 3.63) is 90.0 Å². The lowest BCUT2D eigenvalue weighted by Crippen LogP contribution is -2.32. The molecular formula is C26H27N3O3. The Morgan fingerprint density at radius 3 is 2.28 bits per heavy atom. The number of methoxy groups -OCH3 is 1. The Hall–Kier alpha value is -3.64. The Labute approximate surface area is 188 Å². The summed E-state index contributed by atoms with van der Waals surface area (Å²) in [7, 11) is 1.64. The number of hydrogen-bond acceptors (Lipinski definition) is 4. The number of amides is 2. The SMILES string of the molecule is COc1ccc([C@H](NCC(=O)Nc2ccc(N3CCCC3=O)cc2)c2ccccc2)cc1. The van der Waals surface area contributed by atoms with E-state index in [-0.39, 0.29) is 24.4 Å². The smallest absolute Gasteiger partial charge is 0.238 e. The van der Waals surface area contributed by atoms with Crippen molar-refractivity contribution >= 4 is 23.2 Å². The predicted molar refractivity (Wildman–Crippen MR) is 126 cm³/mol. The zero-order valence-electron chi connectivity index (χ0n) is 18.1. The van der Waals surface area contributed by atoms with Gasteiger partial charge >= 0.3 is 0 Å². The number of anilines is 2. The van der Waals surface area contributed by atoms with Crippen molar-refractivity contribution in [3.63, 3.8) is 0 Å². The van der Waals surface area contributed by atoms with Crippen LogP contribution in [0.15, 0.2) is 78.9 Å². The van der Waals surface area contributed by atoms with Gasteiger partial charge in [-0.05, 0) is 53.9 Å². The van der Waals surface area contributed by atoms with Gasteiger partial charge in [-0.3, -0.25) is 14.9 Å². The Kier molecular flexibility index (Phi) is 6.82. The van der Waals surface area contributed by atoms with Crippen molar-refractivity contribution in [2.24, 2.45) is 0 Å². The summed E-state index contributed by atoms with van der Waals surface area (Å²) in [6, 6.07) is 25.1. The first-order valence-corrected chi connectivity index (χ1v) is 10.8. The molecule has 2 amide bonds. The lowest BCUT2D eigenvalue weighted by Gasteiger charge is -2.20. The Balaban J connectivity index is 1.40. The normalized spacial score (nSPS) is 14.3. The van der Waals surface area contributed by atoms with E-state index >= 15 is 0 Å². The van der Waals surface area contributed by atoms with E-state index < -0.39 is 0 Å². The lowest BCUT2D eigenvalue weighted by atomic mass is 9.98. The van der Waals surface area contributed by atoms with Crippen LogP contribution < -0.4 is 20.3 Å². The van der Waals surface area contributed by atoms with Gasteiger partial charge in [0.15, 0.2) is 0 Å². The van der Waals surface area contributed by atoms with Crippen molar-refractivity contribution < 1.29 is 14.3 Å². The average molecular weight is 430 g/mol. The molecule has 3 aromatic rings. The van der Waals surface area contributed by atoms with Crippen LogP contribution >= 0.6 is 0 Å². The van der Waals surface area contributed by atoms with Crippen molar-refractivity contribution in [1.29, 1.82) is 0 Å². The van der Waals surface area contributed by atoms with Crippen LogP contribution in [0.3, 0.4) is 0 Å². The standard InChI is InChI=1S/C26H27N3O3/c1-32-23-15-9-20(10-16-23)26(19-6-3-2-4-7-19)27-18-24(30)28-21-11-13-22(14-12-21)29-17-5-8-25(29)31/h2-4,6-7,9-16,26-27H,5,8,17-18H2,1H3,(H,28,30)/t26-/m1/s1. The number of ether oxygens (including phenoxy) is 1. The molecule has 0 radical (unpaired) electrons. The van der Waals surface area contributed by atoms with Crippen LogP contribution in [0.2, 0.25) is 0 Å². The maximum absolute atomic E-state index is 12.6. The maximum Gasteiger partial charge on any atom is 0.238 e. The molecule has 0 unspecified atom stereocenters.